The van der Waals surface area contributed by atoms with Crippen LogP contribution in [0.15, 0.2) is 30.3 Å². The lowest BCUT2D eigenvalue weighted by Crippen LogP contribution is -2.23. The van der Waals surface area contributed by atoms with Crippen LogP contribution in [0.4, 0.5) is 0 Å². The summed E-state index contributed by atoms with van der Waals surface area (Å²) >= 11 is 0. The quantitative estimate of drug-likeness (QED) is 0.544. The lowest BCUT2D eigenvalue weighted by atomic mass is 10.1. The fourth-order valence-corrected chi connectivity index (χ4v) is 1.16. The minimum Gasteiger partial charge on any atom is -0.385 e. The molecule has 0 aliphatic carbocycles. The molecule has 0 fully saturated rings. The van der Waals surface area contributed by atoms with E-state index in [-0.39, 0.29) is 5.84 Å². The molecule has 1 atom stereocenters. The summed E-state index contributed by atoms with van der Waals surface area (Å²) in [4.78, 5) is 0. The topological polar surface area (TPSA) is 59.1 Å². The molecule has 1 aromatic carbocycles. The molecular weight excluding hydrogens is 164 g/mol. The summed E-state index contributed by atoms with van der Waals surface area (Å²) in [5, 5.41) is 7.35. The summed E-state index contributed by atoms with van der Waals surface area (Å²) in [5.41, 5.74) is 6.34. The zero-order valence-corrected chi connectivity index (χ0v) is 7.66. The van der Waals surface area contributed by atoms with Crippen LogP contribution in [0.1, 0.15) is 18.6 Å². The highest BCUT2D eigenvalue weighted by molar-refractivity contribution is 5.83. The molecule has 0 saturated carbocycles. The monoisotopic (exact) mass is 178 g/mol. The fourth-order valence-electron chi connectivity index (χ4n) is 1.16. The SMILES string of the molecule is CCO[C@@H](C(=N)N)c1ccccc1. The minimum absolute atomic E-state index is 0.0491. The summed E-state index contributed by atoms with van der Waals surface area (Å²) in [7, 11) is 0. The zero-order chi connectivity index (χ0) is 9.68. The van der Waals surface area contributed by atoms with E-state index in [0.29, 0.717) is 6.61 Å². The summed E-state index contributed by atoms with van der Waals surface area (Å²) in [6, 6.07) is 9.55. The van der Waals surface area contributed by atoms with Crippen molar-refractivity contribution in [2.45, 2.75) is 13.0 Å². The van der Waals surface area contributed by atoms with Crippen molar-refractivity contribution < 1.29 is 4.74 Å². The molecule has 0 aliphatic rings. The molecule has 3 nitrogen and oxygen atoms in total. The molecule has 0 saturated heterocycles. The summed E-state index contributed by atoms with van der Waals surface area (Å²) in [6.07, 6.45) is -0.397. The number of ether oxygens (including phenoxy) is 1. The van der Waals surface area contributed by atoms with E-state index in [9.17, 15) is 0 Å². The van der Waals surface area contributed by atoms with Crippen LogP contribution in [-0.4, -0.2) is 12.4 Å². The van der Waals surface area contributed by atoms with Crippen LogP contribution in [0.2, 0.25) is 0 Å². The Hall–Kier alpha value is -1.35. The van der Waals surface area contributed by atoms with Crippen molar-refractivity contribution in [2.24, 2.45) is 5.73 Å². The van der Waals surface area contributed by atoms with Gasteiger partial charge in [-0.1, -0.05) is 30.3 Å². The summed E-state index contributed by atoms with van der Waals surface area (Å²) in [5.74, 6) is 0.0491. The first-order chi connectivity index (χ1) is 6.25. The molecule has 0 heterocycles. The number of rotatable bonds is 4. The van der Waals surface area contributed by atoms with Gasteiger partial charge in [0.1, 0.15) is 11.9 Å². The largest absolute Gasteiger partial charge is 0.385 e. The molecule has 0 unspecified atom stereocenters. The first kappa shape index (κ1) is 9.74. The highest BCUT2D eigenvalue weighted by atomic mass is 16.5. The van der Waals surface area contributed by atoms with Crippen molar-refractivity contribution in [3.05, 3.63) is 35.9 Å². The standard InChI is InChI=1S/C10H14N2O/c1-2-13-9(10(11)12)8-6-4-3-5-7-8/h3-7,9H,2H2,1H3,(H3,11,12)/t9-/m1/s1. The molecule has 0 amide bonds. The van der Waals surface area contributed by atoms with E-state index in [4.69, 9.17) is 15.9 Å². The van der Waals surface area contributed by atoms with Gasteiger partial charge in [-0.05, 0) is 12.5 Å². The van der Waals surface area contributed by atoms with Gasteiger partial charge in [0.2, 0.25) is 0 Å². The van der Waals surface area contributed by atoms with Crippen molar-refractivity contribution >= 4 is 5.84 Å². The van der Waals surface area contributed by atoms with Gasteiger partial charge >= 0.3 is 0 Å². The minimum atomic E-state index is -0.397. The number of hydrogen-bond acceptors (Lipinski definition) is 2. The van der Waals surface area contributed by atoms with Gasteiger partial charge in [-0.2, -0.15) is 0 Å². The van der Waals surface area contributed by atoms with Gasteiger partial charge in [0.15, 0.2) is 0 Å². The first-order valence-electron chi connectivity index (χ1n) is 4.26. The Morgan fingerprint density at radius 1 is 1.46 bits per heavy atom. The number of amidine groups is 1. The van der Waals surface area contributed by atoms with E-state index >= 15 is 0 Å². The van der Waals surface area contributed by atoms with E-state index in [2.05, 4.69) is 0 Å². The number of nitrogens with one attached hydrogen (secondary N) is 1. The third-order valence-electron chi connectivity index (χ3n) is 1.72. The first-order valence-corrected chi connectivity index (χ1v) is 4.26. The molecule has 13 heavy (non-hydrogen) atoms. The molecule has 3 heteroatoms. The van der Waals surface area contributed by atoms with Crippen LogP contribution in [0.5, 0.6) is 0 Å². The Bertz CT molecular complexity index is 272. The maximum atomic E-state index is 7.35. The molecule has 0 aromatic heterocycles. The fraction of sp³-hybridized carbons (Fsp3) is 0.300. The van der Waals surface area contributed by atoms with E-state index in [1.165, 1.54) is 0 Å². The highest BCUT2D eigenvalue weighted by Crippen LogP contribution is 2.15. The van der Waals surface area contributed by atoms with Crippen molar-refractivity contribution in [2.75, 3.05) is 6.61 Å². The zero-order valence-electron chi connectivity index (χ0n) is 7.66. The van der Waals surface area contributed by atoms with E-state index < -0.39 is 6.10 Å². The lowest BCUT2D eigenvalue weighted by Gasteiger charge is -2.15. The molecule has 0 bridgehead atoms. The third kappa shape index (κ3) is 2.56. The van der Waals surface area contributed by atoms with Crippen LogP contribution in [0, 0.1) is 5.41 Å². The molecule has 1 rings (SSSR count). The predicted molar refractivity (Wildman–Crippen MR) is 52.7 cm³/mol. The van der Waals surface area contributed by atoms with Gasteiger partial charge in [-0.15, -0.1) is 0 Å². The predicted octanol–water partition coefficient (Wildman–Crippen LogP) is 1.70. The summed E-state index contributed by atoms with van der Waals surface area (Å²) in [6.45, 7) is 2.44. The van der Waals surface area contributed by atoms with Crippen LogP contribution in [0.3, 0.4) is 0 Å². The van der Waals surface area contributed by atoms with Crippen molar-refractivity contribution in [3.63, 3.8) is 0 Å². The van der Waals surface area contributed by atoms with Gasteiger partial charge in [0.05, 0.1) is 0 Å². The van der Waals surface area contributed by atoms with Crippen molar-refractivity contribution in [1.82, 2.24) is 0 Å². The highest BCUT2D eigenvalue weighted by Gasteiger charge is 2.13. The second-order valence-corrected chi connectivity index (χ2v) is 2.70. The molecule has 0 radical (unpaired) electrons. The van der Waals surface area contributed by atoms with Crippen LogP contribution in [0.25, 0.3) is 0 Å². The Morgan fingerprint density at radius 2 is 2.08 bits per heavy atom. The van der Waals surface area contributed by atoms with Gasteiger partial charge in [0, 0.05) is 6.61 Å². The van der Waals surface area contributed by atoms with Gasteiger partial charge in [-0.3, -0.25) is 5.41 Å². The summed E-state index contributed by atoms with van der Waals surface area (Å²) < 4.78 is 5.34. The number of nitrogens with two attached hydrogens (primary N) is 1. The average molecular weight is 178 g/mol. The Morgan fingerprint density at radius 3 is 2.54 bits per heavy atom. The Balaban J connectivity index is 2.82. The third-order valence-corrected chi connectivity index (χ3v) is 1.72. The molecule has 3 N–H and O–H groups in total. The Labute approximate surface area is 78.0 Å². The van der Waals surface area contributed by atoms with E-state index in [1.807, 2.05) is 37.3 Å². The number of benzene rings is 1. The van der Waals surface area contributed by atoms with Crippen LogP contribution >= 0.6 is 0 Å². The van der Waals surface area contributed by atoms with Gasteiger partial charge in [0.25, 0.3) is 0 Å². The molecule has 0 aliphatic heterocycles. The van der Waals surface area contributed by atoms with Crippen molar-refractivity contribution in [3.8, 4) is 0 Å². The van der Waals surface area contributed by atoms with Crippen LogP contribution < -0.4 is 5.73 Å². The van der Waals surface area contributed by atoms with E-state index in [0.717, 1.165) is 5.56 Å². The lowest BCUT2D eigenvalue weighted by molar-refractivity contribution is 0.109. The maximum Gasteiger partial charge on any atom is 0.139 e. The van der Waals surface area contributed by atoms with E-state index in [1.54, 1.807) is 0 Å². The molecule has 1 aromatic rings. The maximum absolute atomic E-state index is 7.35. The smallest absolute Gasteiger partial charge is 0.139 e. The molecule has 0 spiro atoms. The van der Waals surface area contributed by atoms with Gasteiger partial charge < -0.3 is 10.5 Å². The normalized spacial score (nSPS) is 12.4. The average Bonchev–Trinajstić information content (AvgIpc) is 2.15. The molecular formula is C10H14N2O. The second-order valence-electron chi connectivity index (χ2n) is 2.70. The Kier molecular flexibility index (Phi) is 3.46. The second kappa shape index (κ2) is 4.62. The van der Waals surface area contributed by atoms with Crippen molar-refractivity contribution in [1.29, 1.82) is 5.41 Å². The number of hydrogen-bond donors (Lipinski definition) is 2. The van der Waals surface area contributed by atoms with Gasteiger partial charge in [-0.25, -0.2) is 0 Å². The van der Waals surface area contributed by atoms with Crippen LogP contribution in [-0.2, 0) is 4.74 Å². The molecule has 70 valence electrons.